The van der Waals surface area contributed by atoms with Crippen molar-refractivity contribution in [3.05, 3.63) is 76.1 Å². The molecule has 1 aromatic heterocycles. The lowest BCUT2D eigenvalue weighted by atomic mass is 10.0. The van der Waals surface area contributed by atoms with E-state index in [0.29, 0.717) is 11.3 Å². The molecular weight excluding hydrogens is 472 g/mol. The molecule has 9 nitrogen and oxygen atoms in total. The van der Waals surface area contributed by atoms with Crippen molar-refractivity contribution in [1.82, 2.24) is 10.6 Å². The van der Waals surface area contributed by atoms with Gasteiger partial charge in [-0.05, 0) is 44.0 Å². The summed E-state index contributed by atoms with van der Waals surface area (Å²) in [6, 6.07) is 13.1. The Bertz CT molecular complexity index is 1260. The second kappa shape index (κ2) is 12.1. The van der Waals surface area contributed by atoms with Crippen molar-refractivity contribution < 1.29 is 18.8 Å². The first-order chi connectivity index (χ1) is 16.1. The maximum absolute atomic E-state index is 13.1. The van der Waals surface area contributed by atoms with Crippen LogP contribution in [-0.4, -0.2) is 35.8 Å². The molecule has 0 aliphatic rings. The van der Waals surface area contributed by atoms with Crippen LogP contribution >= 0.6 is 12.4 Å². The summed E-state index contributed by atoms with van der Waals surface area (Å²) in [4.78, 5) is 49.4. The van der Waals surface area contributed by atoms with Crippen LogP contribution in [0.3, 0.4) is 0 Å². The third-order valence-corrected chi connectivity index (χ3v) is 5.30. The number of carbonyl (C=O) groups is 3. The van der Waals surface area contributed by atoms with Crippen LogP contribution < -0.4 is 27.3 Å². The number of hydrogen-bond donors (Lipinski definition) is 4. The highest BCUT2D eigenvalue weighted by Gasteiger charge is 2.25. The van der Waals surface area contributed by atoms with Gasteiger partial charge in [0.25, 0.3) is 0 Å². The molecule has 10 heteroatoms. The number of halogens is 1. The summed E-state index contributed by atoms with van der Waals surface area (Å²) >= 11 is 0. The van der Waals surface area contributed by atoms with Crippen LogP contribution in [0, 0.1) is 6.92 Å². The first kappa shape index (κ1) is 27.6. The van der Waals surface area contributed by atoms with Gasteiger partial charge in [0.1, 0.15) is 17.7 Å². The highest BCUT2D eigenvalue weighted by molar-refractivity contribution is 5.99. The summed E-state index contributed by atoms with van der Waals surface area (Å²) in [5, 5.41) is 8.75. The molecule has 3 amide bonds. The van der Waals surface area contributed by atoms with E-state index in [1.165, 1.54) is 19.9 Å². The maximum Gasteiger partial charge on any atom is 0.336 e. The Kier molecular flexibility index (Phi) is 9.56. The summed E-state index contributed by atoms with van der Waals surface area (Å²) in [7, 11) is 0. The molecule has 0 saturated carbocycles. The summed E-state index contributed by atoms with van der Waals surface area (Å²) in [6.45, 7) is 4.83. The van der Waals surface area contributed by atoms with Gasteiger partial charge in [0, 0.05) is 29.6 Å². The van der Waals surface area contributed by atoms with E-state index in [2.05, 4.69) is 16.0 Å². The van der Waals surface area contributed by atoms with Gasteiger partial charge in [-0.25, -0.2) is 4.79 Å². The van der Waals surface area contributed by atoms with Gasteiger partial charge in [0.05, 0.1) is 6.04 Å². The van der Waals surface area contributed by atoms with E-state index in [9.17, 15) is 19.2 Å². The first-order valence-electron chi connectivity index (χ1n) is 10.9. The molecule has 3 rings (SSSR count). The molecule has 35 heavy (non-hydrogen) atoms. The van der Waals surface area contributed by atoms with Crippen molar-refractivity contribution in [3.8, 4) is 0 Å². The fourth-order valence-electron chi connectivity index (χ4n) is 3.40. The second-order valence-corrected chi connectivity index (χ2v) is 8.22. The van der Waals surface area contributed by atoms with Crippen molar-refractivity contribution in [2.45, 2.75) is 45.3 Å². The van der Waals surface area contributed by atoms with E-state index in [4.69, 9.17) is 10.2 Å². The minimum atomic E-state index is -0.926. The molecule has 0 saturated heterocycles. The molecule has 0 bridgehead atoms. The molecule has 0 spiro atoms. The molecule has 0 aliphatic heterocycles. The Morgan fingerprint density at radius 1 is 0.943 bits per heavy atom. The third-order valence-electron chi connectivity index (χ3n) is 5.30. The van der Waals surface area contributed by atoms with Gasteiger partial charge in [-0.3, -0.25) is 14.4 Å². The molecule has 3 atom stereocenters. The predicted octanol–water partition coefficient (Wildman–Crippen LogP) is 2.04. The second-order valence-electron chi connectivity index (χ2n) is 8.22. The number of nitrogens with two attached hydrogens (primary N) is 1. The van der Waals surface area contributed by atoms with Crippen LogP contribution in [0.5, 0.6) is 0 Å². The number of benzene rings is 2. The number of fused-ring (bicyclic) bond motifs is 1. The lowest BCUT2D eigenvalue weighted by Crippen LogP contribution is -2.54. The number of rotatable bonds is 8. The third kappa shape index (κ3) is 7.40. The van der Waals surface area contributed by atoms with Crippen LogP contribution in [0.1, 0.15) is 25.0 Å². The van der Waals surface area contributed by atoms with E-state index in [0.717, 1.165) is 16.5 Å². The highest BCUT2D eigenvalue weighted by atomic mass is 35.5. The Morgan fingerprint density at radius 2 is 1.63 bits per heavy atom. The van der Waals surface area contributed by atoms with E-state index in [1.54, 1.807) is 25.1 Å². The average molecular weight is 501 g/mol. The zero-order chi connectivity index (χ0) is 24.8. The molecule has 3 unspecified atom stereocenters. The van der Waals surface area contributed by atoms with E-state index >= 15 is 0 Å². The number of nitrogens with one attached hydrogen (secondary N) is 3. The summed E-state index contributed by atoms with van der Waals surface area (Å²) < 4.78 is 5.25. The van der Waals surface area contributed by atoms with Gasteiger partial charge < -0.3 is 26.1 Å². The maximum atomic E-state index is 13.1. The van der Waals surface area contributed by atoms with Crippen LogP contribution in [0.4, 0.5) is 5.69 Å². The number of aryl methyl sites for hydroxylation is 1. The topological polar surface area (TPSA) is 144 Å². The van der Waals surface area contributed by atoms with Crippen LogP contribution in [-0.2, 0) is 20.8 Å². The van der Waals surface area contributed by atoms with Gasteiger partial charge >= 0.3 is 5.63 Å². The average Bonchev–Trinajstić information content (AvgIpc) is 2.78. The molecule has 186 valence electrons. The van der Waals surface area contributed by atoms with E-state index in [1.807, 2.05) is 30.3 Å². The largest absolute Gasteiger partial charge is 0.423 e. The fraction of sp³-hybridized carbons (Fsp3) is 0.280. The van der Waals surface area contributed by atoms with Crippen molar-refractivity contribution in [2.24, 2.45) is 5.73 Å². The predicted molar refractivity (Wildman–Crippen MR) is 136 cm³/mol. The van der Waals surface area contributed by atoms with Crippen molar-refractivity contribution >= 4 is 46.8 Å². The Balaban J connectivity index is 0.00000432. The lowest BCUT2D eigenvalue weighted by Gasteiger charge is -2.22. The molecule has 2 aromatic carbocycles. The Hall–Kier alpha value is -3.69. The zero-order valence-corrected chi connectivity index (χ0v) is 20.5. The van der Waals surface area contributed by atoms with Gasteiger partial charge in [-0.1, -0.05) is 30.3 Å². The molecular formula is C25H29ClN4O5. The summed E-state index contributed by atoms with van der Waals surface area (Å²) in [5.41, 5.74) is 7.43. The van der Waals surface area contributed by atoms with Crippen LogP contribution in [0.2, 0.25) is 0 Å². The molecule has 1 heterocycles. The number of carbonyl (C=O) groups excluding carboxylic acids is 3. The van der Waals surface area contributed by atoms with Gasteiger partial charge in [0.2, 0.25) is 17.7 Å². The lowest BCUT2D eigenvalue weighted by molar-refractivity contribution is -0.130. The number of hydrogen-bond acceptors (Lipinski definition) is 6. The Labute approximate surface area is 208 Å². The number of amides is 3. The van der Waals surface area contributed by atoms with Gasteiger partial charge in [0.15, 0.2) is 0 Å². The first-order valence-corrected chi connectivity index (χ1v) is 10.9. The highest BCUT2D eigenvalue weighted by Crippen LogP contribution is 2.21. The molecule has 0 aliphatic carbocycles. The van der Waals surface area contributed by atoms with Crippen molar-refractivity contribution in [2.75, 3.05) is 5.32 Å². The molecule has 3 aromatic rings. The molecule has 0 fully saturated rings. The molecule has 0 radical (unpaired) electrons. The summed E-state index contributed by atoms with van der Waals surface area (Å²) in [5.74, 6) is -1.46. The fourth-order valence-corrected chi connectivity index (χ4v) is 3.40. The smallest absolute Gasteiger partial charge is 0.336 e. The standard InChI is InChI=1S/C25H28N4O5.ClH/c1-14-11-22(30)34-21-13-18(9-10-19(14)21)28-25(33)20(12-17-7-5-4-6-8-17)29-24(32)16(3)27-23(31)15(2)26;/h4-11,13,15-16,20H,12,26H2,1-3H3,(H,27,31)(H,28,33)(H,29,32);1H. The minimum Gasteiger partial charge on any atom is -0.423 e. The number of anilines is 1. The molecule has 5 N–H and O–H groups in total. The van der Waals surface area contributed by atoms with Crippen molar-refractivity contribution in [3.63, 3.8) is 0 Å². The Morgan fingerprint density at radius 3 is 2.29 bits per heavy atom. The van der Waals surface area contributed by atoms with Crippen molar-refractivity contribution in [1.29, 1.82) is 0 Å². The van der Waals surface area contributed by atoms with Crippen LogP contribution in [0.15, 0.2) is 63.8 Å². The van der Waals surface area contributed by atoms with E-state index in [-0.39, 0.29) is 18.8 Å². The van der Waals surface area contributed by atoms with E-state index < -0.39 is 41.5 Å². The van der Waals surface area contributed by atoms with Crippen LogP contribution in [0.25, 0.3) is 11.0 Å². The normalized spacial score (nSPS) is 13.1. The van der Waals surface area contributed by atoms with Gasteiger partial charge in [-0.2, -0.15) is 0 Å². The quantitative estimate of drug-likeness (QED) is 0.348. The minimum absolute atomic E-state index is 0. The van der Waals surface area contributed by atoms with Gasteiger partial charge in [-0.15, -0.1) is 12.4 Å². The monoisotopic (exact) mass is 500 g/mol. The summed E-state index contributed by atoms with van der Waals surface area (Å²) in [6.07, 6.45) is 0.230. The zero-order valence-electron chi connectivity index (χ0n) is 19.7. The SMILES string of the molecule is Cc1cc(=O)oc2cc(NC(=O)C(Cc3ccccc3)NC(=O)C(C)NC(=O)C(C)N)ccc12.Cl.